The third-order valence-electron chi connectivity index (χ3n) is 4.86. The summed E-state index contributed by atoms with van der Waals surface area (Å²) in [6.07, 6.45) is 1.22. The van der Waals surface area contributed by atoms with Gasteiger partial charge in [-0.25, -0.2) is 0 Å². The predicted octanol–water partition coefficient (Wildman–Crippen LogP) is -1.54. The van der Waals surface area contributed by atoms with Crippen LogP contribution >= 0.6 is 0 Å². The largest absolute Gasteiger partial charge is 0.486 e. The Labute approximate surface area is 188 Å². The maximum atomic E-state index is 13.2. The van der Waals surface area contributed by atoms with Crippen LogP contribution in [0.4, 0.5) is 0 Å². The van der Waals surface area contributed by atoms with E-state index in [0.29, 0.717) is 22.2 Å². The number of benzene rings is 1. The number of hydrogen-bond acceptors (Lipinski definition) is 5. The van der Waals surface area contributed by atoms with Crippen LogP contribution in [-0.2, 0) is 16.0 Å². The first-order valence-electron chi connectivity index (χ1n) is 9.39. The van der Waals surface area contributed by atoms with Crippen LogP contribution in [-0.4, -0.2) is 105 Å². The van der Waals surface area contributed by atoms with E-state index < -0.39 is 34.9 Å². The summed E-state index contributed by atoms with van der Waals surface area (Å²) < 4.78 is 11.4. The molecule has 0 spiro atoms. The van der Waals surface area contributed by atoms with Crippen molar-refractivity contribution in [2.24, 2.45) is 0 Å². The molecular formula is C18H14B6N2O5. The third-order valence-corrected chi connectivity index (χ3v) is 4.86. The van der Waals surface area contributed by atoms with Crippen molar-refractivity contribution in [2.75, 3.05) is 13.2 Å². The SMILES string of the molecule is [B]C([B])([B])N(C(=O)CN1C(=O)c2oc3ccc(CC)cc3c2OCC1C=O)C([B])([B])[B]. The summed E-state index contributed by atoms with van der Waals surface area (Å²) in [7, 11) is 33.4. The number of carbonyl (C=O) groups excluding carboxylic acids is 3. The Hall–Kier alpha value is -2.44. The summed E-state index contributed by atoms with van der Waals surface area (Å²) >= 11 is 0. The molecule has 2 amide bonds. The van der Waals surface area contributed by atoms with Gasteiger partial charge in [0.1, 0.15) is 31.1 Å². The van der Waals surface area contributed by atoms with E-state index in [1.165, 1.54) is 0 Å². The van der Waals surface area contributed by atoms with Crippen LogP contribution in [0.25, 0.3) is 11.0 Å². The number of aldehydes is 1. The number of fused-ring (bicyclic) bond motifs is 3. The minimum atomic E-state index is -2.33. The summed E-state index contributed by atoms with van der Waals surface area (Å²) in [5.41, 5.74) is 1.42. The highest BCUT2D eigenvalue weighted by molar-refractivity contribution is 6.64. The highest BCUT2D eigenvalue weighted by Gasteiger charge is 2.39. The fourth-order valence-corrected chi connectivity index (χ4v) is 3.45. The second kappa shape index (κ2) is 8.24. The van der Waals surface area contributed by atoms with E-state index in [-0.39, 0.29) is 18.1 Å². The van der Waals surface area contributed by atoms with E-state index >= 15 is 0 Å². The van der Waals surface area contributed by atoms with Crippen LogP contribution in [0.15, 0.2) is 22.6 Å². The maximum absolute atomic E-state index is 13.2. The van der Waals surface area contributed by atoms with E-state index in [4.69, 9.17) is 56.2 Å². The van der Waals surface area contributed by atoms with Gasteiger partial charge in [-0.1, -0.05) is 23.5 Å². The van der Waals surface area contributed by atoms with Gasteiger partial charge in [-0.15, -0.1) is 0 Å². The molecule has 1 atom stereocenters. The number of hydrogen-bond donors (Lipinski definition) is 0. The van der Waals surface area contributed by atoms with Crippen molar-refractivity contribution in [2.45, 2.75) is 29.9 Å². The molecular weight excluding hydrogens is 389 g/mol. The van der Waals surface area contributed by atoms with Crippen LogP contribution in [0.1, 0.15) is 23.0 Å². The standard InChI is InChI=1S/C18H14B6N2O5/c1-2-9-3-4-12-11(5-9)14-15(31-12)16(29)25(10(7-27)8-30-14)6-13(28)26(17(19,20)21)18(22,23)24/h3-5,7,10H,2,6,8H2,1H3. The summed E-state index contributed by atoms with van der Waals surface area (Å²) in [4.78, 5) is 39.1. The molecule has 31 heavy (non-hydrogen) atoms. The molecule has 3 rings (SSSR count). The van der Waals surface area contributed by atoms with Gasteiger partial charge in [-0.2, -0.15) is 0 Å². The number of rotatable bonds is 6. The van der Waals surface area contributed by atoms with Crippen molar-refractivity contribution < 1.29 is 23.5 Å². The van der Waals surface area contributed by atoms with Crippen LogP contribution in [0.2, 0.25) is 0 Å². The van der Waals surface area contributed by atoms with Gasteiger partial charge >= 0.3 is 0 Å². The number of amides is 2. The third kappa shape index (κ3) is 4.46. The molecule has 0 bridgehead atoms. The molecule has 1 aromatic heterocycles. The molecule has 0 saturated carbocycles. The minimum absolute atomic E-state index is 0.161. The van der Waals surface area contributed by atoms with Gasteiger partial charge in [0.25, 0.3) is 5.91 Å². The smallest absolute Gasteiger partial charge is 0.294 e. The molecule has 12 radical (unpaired) electrons. The molecule has 2 heterocycles. The summed E-state index contributed by atoms with van der Waals surface area (Å²) in [6.45, 7) is 1.04. The van der Waals surface area contributed by atoms with Crippen molar-refractivity contribution >= 4 is 76.1 Å². The van der Waals surface area contributed by atoms with Gasteiger partial charge < -0.3 is 23.7 Å². The Bertz CT molecular complexity index is 1010. The van der Waals surface area contributed by atoms with Crippen molar-refractivity contribution in [1.29, 1.82) is 0 Å². The Morgan fingerprint density at radius 3 is 2.42 bits per heavy atom. The number of aryl methyl sites for hydroxylation is 1. The Morgan fingerprint density at radius 2 is 1.87 bits per heavy atom. The van der Waals surface area contributed by atoms with Gasteiger partial charge in [0.05, 0.1) is 52.5 Å². The Morgan fingerprint density at radius 1 is 1.23 bits per heavy atom. The summed E-state index contributed by atoms with van der Waals surface area (Å²) in [5, 5.41) is -4.09. The number of ether oxygens (including phenoxy) is 1. The second-order valence-corrected chi connectivity index (χ2v) is 7.40. The first-order valence-corrected chi connectivity index (χ1v) is 9.39. The molecule has 0 N–H and O–H groups in total. The van der Waals surface area contributed by atoms with E-state index in [2.05, 4.69) is 0 Å². The molecule has 0 aliphatic carbocycles. The minimum Gasteiger partial charge on any atom is -0.486 e. The summed E-state index contributed by atoms with van der Waals surface area (Å²) in [6, 6.07) is 4.28. The quantitative estimate of drug-likeness (QED) is 0.432. The number of furan rings is 1. The second-order valence-electron chi connectivity index (χ2n) is 7.40. The average Bonchev–Trinajstić information content (AvgIpc) is 2.96. The van der Waals surface area contributed by atoms with Gasteiger partial charge in [0.2, 0.25) is 11.7 Å². The Kier molecular flexibility index (Phi) is 6.18. The lowest BCUT2D eigenvalue weighted by molar-refractivity contribution is -0.133. The van der Waals surface area contributed by atoms with E-state index in [0.717, 1.165) is 16.9 Å². The maximum Gasteiger partial charge on any atom is 0.294 e. The van der Waals surface area contributed by atoms with Gasteiger partial charge in [-0.05, 0) is 24.1 Å². The zero-order valence-electron chi connectivity index (χ0n) is 16.9. The number of nitrogens with zero attached hydrogens (tertiary/aromatic N) is 2. The van der Waals surface area contributed by atoms with Crippen molar-refractivity contribution in [1.82, 2.24) is 9.80 Å². The molecule has 7 nitrogen and oxygen atoms in total. The van der Waals surface area contributed by atoms with E-state index in [9.17, 15) is 14.4 Å². The van der Waals surface area contributed by atoms with Crippen LogP contribution in [0, 0.1) is 0 Å². The van der Waals surface area contributed by atoms with Crippen molar-refractivity contribution in [3.05, 3.63) is 29.5 Å². The normalized spacial score (nSPS) is 17.0. The lowest BCUT2D eigenvalue weighted by Gasteiger charge is -2.49. The highest BCUT2D eigenvalue weighted by atomic mass is 16.5. The molecule has 13 heteroatoms. The average molecular weight is 403 g/mol. The fraction of sp³-hybridized carbons (Fsp3) is 0.389. The molecule has 0 fully saturated rings. The zero-order chi connectivity index (χ0) is 23.1. The van der Waals surface area contributed by atoms with E-state index in [1.807, 2.05) is 19.1 Å². The number of carbonyl (C=O) groups is 3. The van der Waals surface area contributed by atoms with Crippen LogP contribution in [0.5, 0.6) is 5.75 Å². The molecule has 1 aliphatic heterocycles. The van der Waals surface area contributed by atoms with Crippen molar-refractivity contribution in [3.63, 3.8) is 0 Å². The van der Waals surface area contributed by atoms with Crippen molar-refractivity contribution in [3.8, 4) is 5.75 Å². The monoisotopic (exact) mass is 404 g/mol. The van der Waals surface area contributed by atoms with Gasteiger partial charge in [0, 0.05) is 0 Å². The highest BCUT2D eigenvalue weighted by Crippen LogP contribution is 2.36. The fourth-order valence-electron chi connectivity index (χ4n) is 3.45. The molecule has 1 unspecified atom stereocenters. The topological polar surface area (TPSA) is 80.1 Å². The van der Waals surface area contributed by atoms with Gasteiger partial charge in [-0.3, -0.25) is 9.59 Å². The molecule has 0 saturated heterocycles. The first kappa shape index (κ1) is 23.2. The van der Waals surface area contributed by atoms with Gasteiger partial charge in [0.15, 0.2) is 5.75 Å². The predicted molar refractivity (Wildman–Crippen MR) is 119 cm³/mol. The Balaban J connectivity index is 2.01. The lowest BCUT2D eigenvalue weighted by Crippen LogP contribution is -2.67. The zero-order valence-corrected chi connectivity index (χ0v) is 16.9. The molecule has 2 aromatic rings. The molecule has 144 valence electrons. The van der Waals surface area contributed by atoms with Crippen LogP contribution in [0.3, 0.4) is 0 Å². The lowest BCUT2D eigenvalue weighted by atomic mass is 9.40. The first-order chi connectivity index (χ1) is 14.4. The molecule has 1 aliphatic rings. The van der Waals surface area contributed by atoms with E-state index in [1.54, 1.807) is 6.07 Å². The molecule has 1 aromatic carbocycles. The van der Waals surface area contributed by atoms with Crippen LogP contribution < -0.4 is 4.74 Å². The summed E-state index contributed by atoms with van der Waals surface area (Å²) in [5.74, 6) is -1.73.